The summed E-state index contributed by atoms with van der Waals surface area (Å²) in [5, 5.41) is 3.26. The van der Waals surface area contributed by atoms with Gasteiger partial charge >= 0.3 is 5.97 Å². The number of carbonyl (C=O) groups excluding carboxylic acids is 1. The van der Waals surface area contributed by atoms with E-state index in [-0.39, 0.29) is 18.1 Å². The maximum atomic E-state index is 11.9. The maximum absolute atomic E-state index is 11.9. The van der Waals surface area contributed by atoms with Gasteiger partial charge in [0.15, 0.2) is 0 Å². The predicted molar refractivity (Wildman–Crippen MR) is 74.9 cm³/mol. The molecule has 1 rings (SSSR count). The first-order valence-corrected chi connectivity index (χ1v) is 7.01. The Balaban J connectivity index is 2.59. The topological polar surface area (TPSA) is 56.2 Å². The highest BCUT2D eigenvalue weighted by Gasteiger charge is 2.20. The van der Waals surface area contributed by atoms with Crippen molar-refractivity contribution in [2.24, 2.45) is 0 Å². The number of esters is 1. The predicted octanol–water partition coefficient (Wildman–Crippen LogP) is 1.77. The number of rotatable bonds is 8. The summed E-state index contributed by atoms with van der Waals surface area (Å²) < 4.78 is 7.20. The summed E-state index contributed by atoms with van der Waals surface area (Å²) in [4.78, 5) is 16.2. The van der Waals surface area contributed by atoms with Crippen molar-refractivity contribution in [2.45, 2.75) is 59.2 Å². The van der Waals surface area contributed by atoms with Crippen LogP contribution >= 0.6 is 0 Å². The van der Waals surface area contributed by atoms with E-state index in [0.717, 1.165) is 18.8 Å². The zero-order valence-corrected chi connectivity index (χ0v) is 12.3. The molecule has 0 aromatic carbocycles. The van der Waals surface area contributed by atoms with Gasteiger partial charge in [-0.2, -0.15) is 0 Å². The van der Waals surface area contributed by atoms with Gasteiger partial charge in [0, 0.05) is 31.4 Å². The molecule has 0 bridgehead atoms. The van der Waals surface area contributed by atoms with Gasteiger partial charge in [0.05, 0.1) is 6.61 Å². The van der Waals surface area contributed by atoms with Crippen LogP contribution in [0.3, 0.4) is 0 Å². The van der Waals surface area contributed by atoms with Gasteiger partial charge in [0.1, 0.15) is 11.9 Å². The lowest BCUT2D eigenvalue weighted by Gasteiger charge is -2.20. The molecule has 0 radical (unpaired) electrons. The first-order chi connectivity index (χ1) is 9.08. The van der Waals surface area contributed by atoms with E-state index in [1.54, 1.807) is 6.20 Å². The minimum atomic E-state index is -0.257. The lowest BCUT2D eigenvalue weighted by molar-refractivity contribution is -0.146. The number of hydrogen-bond donors (Lipinski definition) is 1. The van der Waals surface area contributed by atoms with Crippen molar-refractivity contribution in [3.05, 3.63) is 18.2 Å². The summed E-state index contributed by atoms with van der Waals surface area (Å²) >= 11 is 0. The zero-order chi connectivity index (χ0) is 14.3. The Bertz CT molecular complexity index is 388. The molecule has 19 heavy (non-hydrogen) atoms. The van der Waals surface area contributed by atoms with Crippen LogP contribution in [0.15, 0.2) is 12.4 Å². The van der Waals surface area contributed by atoms with E-state index in [4.69, 9.17) is 4.74 Å². The number of ether oxygens (including phenoxy) is 1. The summed E-state index contributed by atoms with van der Waals surface area (Å²) in [5.41, 5.74) is 0. The van der Waals surface area contributed by atoms with Crippen molar-refractivity contribution in [1.82, 2.24) is 14.9 Å². The zero-order valence-electron chi connectivity index (χ0n) is 12.3. The fraction of sp³-hybridized carbons (Fsp3) is 0.714. The third-order valence-corrected chi connectivity index (χ3v) is 2.88. The molecule has 1 atom stereocenters. The van der Waals surface area contributed by atoms with Gasteiger partial charge < -0.3 is 14.6 Å². The van der Waals surface area contributed by atoms with Crippen LogP contribution in [0.25, 0.3) is 0 Å². The van der Waals surface area contributed by atoms with Crippen molar-refractivity contribution in [1.29, 1.82) is 0 Å². The molecule has 0 aliphatic carbocycles. The fourth-order valence-electron chi connectivity index (χ4n) is 2.04. The summed E-state index contributed by atoms with van der Waals surface area (Å²) in [7, 11) is 0. The van der Waals surface area contributed by atoms with Crippen LogP contribution in [-0.4, -0.2) is 34.2 Å². The molecular formula is C14H25N3O2. The third-order valence-electron chi connectivity index (χ3n) is 2.88. The number of hydrogen-bond acceptors (Lipinski definition) is 4. The van der Waals surface area contributed by atoms with Crippen LogP contribution in [0.5, 0.6) is 0 Å². The normalized spacial score (nSPS) is 12.7. The number of nitrogens with zero attached hydrogens (tertiary/aromatic N) is 2. The van der Waals surface area contributed by atoms with Crippen LogP contribution in [0, 0.1) is 0 Å². The molecule has 1 unspecified atom stereocenters. The molecular weight excluding hydrogens is 242 g/mol. The Kier molecular flexibility index (Phi) is 6.56. The van der Waals surface area contributed by atoms with Crippen molar-refractivity contribution in [3.8, 4) is 0 Å². The minimum Gasteiger partial charge on any atom is -0.465 e. The first-order valence-electron chi connectivity index (χ1n) is 7.01. The van der Waals surface area contributed by atoms with E-state index in [1.807, 2.05) is 27.0 Å². The second-order valence-electron chi connectivity index (χ2n) is 4.81. The standard InChI is InChI=1S/C14H25N3O2/c1-5-13-15-8-10-17(13)9-7-12(16-11(3)4)14(18)19-6-2/h8,10-12,16H,5-7,9H2,1-4H3. The average Bonchev–Trinajstić information content (AvgIpc) is 2.81. The Morgan fingerprint density at radius 2 is 2.21 bits per heavy atom. The van der Waals surface area contributed by atoms with E-state index in [9.17, 15) is 4.79 Å². The number of aromatic nitrogens is 2. The highest BCUT2D eigenvalue weighted by molar-refractivity contribution is 5.75. The van der Waals surface area contributed by atoms with E-state index >= 15 is 0 Å². The second kappa shape index (κ2) is 7.94. The Morgan fingerprint density at radius 1 is 1.47 bits per heavy atom. The molecule has 5 nitrogen and oxygen atoms in total. The molecule has 0 aliphatic heterocycles. The summed E-state index contributed by atoms with van der Waals surface area (Å²) in [5.74, 6) is 0.876. The van der Waals surface area contributed by atoms with Gasteiger partial charge in [-0.05, 0) is 13.3 Å². The quantitative estimate of drug-likeness (QED) is 0.729. The summed E-state index contributed by atoms with van der Waals surface area (Å²) in [6.45, 7) is 9.15. The number of imidazole rings is 1. The molecule has 1 N–H and O–H groups in total. The van der Waals surface area contributed by atoms with Gasteiger partial charge in [0.2, 0.25) is 0 Å². The summed E-state index contributed by atoms with van der Waals surface area (Å²) in [6, 6.07) is -0.00473. The molecule has 1 aromatic heterocycles. The largest absolute Gasteiger partial charge is 0.465 e. The van der Waals surface area contributed by atoms with Crippen molar-refractivity contribution < 1.29 is 9.53 Å². The molecule has 0 amide bonds. The summed E-state index contributed by atoms with van der Waals surface area (Å²) in [6.07, 6.45) is 5.36. The number of nitrogens with one attached hydrogen (secondary N) is 1. The molecule has 0 aliphatic rings. The maximum Gasteiger partial charge on any atom is 0.323 e. The van der Waals surface area contributed by atoms with E-state index in [0.29, 0.717) is 13.0 Å². The van der Waals surface area contributed by atoms with Gasteiger partial charge in [0.25, 0.3) is 0 Å². The van der Waals surface area contributed by atoms with Crippen molar-refractivity contribution in [2.75, 3.05) is 6.61 Å². The van der Waals surface area contributed by atoms with Gasteiger partial charge in [-0.3, -0.25) is 4.79 Å². The van der Waals surface area contributed by atoms with E-state index in [1.165, 1.54) is 0 Å². The monoisotopic (exact) mass is 267 g/mol. The second-order valence-corrected chi connectivity index (χ2v) is 4.81. The highest BCUT2D eigenvalue weighted by atomic mass is 16.5. The molecule has 5 heteroatoms. The SMILES string of the molecule is CCOC(=O)C(CCn1ccnc1CC)NC(C)C. The van der Waals surface area contributed by atoms with E-state index in [2.05, 4.69) is 21.8 Å². The molecule has 1 aromatic rings. The van der Waals surface area contributed by atoms with Crippen LogP contribution in [-0.2, 0) is 22.5 Å². The third kappa shape index (κ3) is 5.03. The van der Waals surface area contributed by atoms with Crippen LogP contribution in [0.2, 0.25) is 0 Å². The van der Waals surface area contributed by atoms with Crippen molar-refractivity contribution >= 4 is 5.97 Å². The smallest absolute Gasteiger partial charge is 0.323 e. The molecule has 0 saturated carbocycles. The molecule has 1 heterocycles. The Labute approximate surface area is 115 Å². The van der Waals surface area contributed by atoms with Gasteiger partial charge in [-0.25, -0.2) is 4.98 Å². The average molecular weight is 267 g/mol. The van der Waals surface area contributed by atoms with Crippen molar-refractivity contribution in [3.63, 3.8) is 0 Å². The highest BCUT2D eigenvalue weighted by Crippen LogP contribution is 2.05. The van der Waals surface area contributed by atoms with Crippen LogP contribution in [0.4, 0.5) is 0 Å². The van der Waals surface area contributed by atoms with Crippen LogP contribution in [0.1, 0.15) is 39.9 Å². The lowest BCUT2D eigenvalue weighted by Crippen LogP contribution is -2.42. The molecule has 0 spiro atoms. The molecule has 0 saturated heterocycles. The number of aryl methyl sites for hydroxylation is 2. The van der Waals surface area contributed by atoms with Gasteiger partial charge in [-0.15, -0.1) is 0 Å². The van der Waals surface area contributed by atoms with E-state index < -0.39 is 0 Å². The molecule has 0 fully saturated rings. The first kappa shape index (κ1) is 15.7. The number of carbonyl (C=O) groups is 1. The Morgan fingerprint density at radius 3 is 2.79 bits per heavy atom. The van der Waals surface area contributed by atoms with Crippen LogP contribution < -0.4 is 5.32 Å². The minimum absolute atomic E-state index is 0.172. The fourth-order valence-corrected chi connectivity index (χ4v) is 2.04. The lowest BCUT2D eigenvalue weighted by atomic mass is 10.2. The Hall–Kier alpha value is -1.36. The van der Waals surface area contributed by atoms with Gasteiger partial charge in [-0.1, -0.05) is 20.8 Å². The molecule has 108 valence electrons.